The van der Waals surface area contributed by atoms with Crippen LogP contribution in [0.2, 0.25) is 0 Å². The Balaban J connectivity index is 2.38. The van der Waals surface area contributed by atoms with Gasteiger partial charge in [0.05, 0.1) is 6.04 Å². The highest BCUT2D eigenvalue weighted by Gasteiger charge is 2.26. The van der Waals surface area contributed by atoms with E-state index in [0.29, 0.717) is 5.92 Å². The molecule has 13 heavy (non-hydrogen) atoms. The van der Waals surface area contributed by atoms with E-state index in [4.69, 9.17) is 5.73 Å². The zero-order chi connectivity index (χ0) is 9.84. The molecule has 0 saturated carbocycles. The van der Waals surface area contributed by atoms with E-state index in [-0.39, 0.29) is 11.9 Å². The molecule has 2 atom stereocenters. The minimum absolute atomic E-state index is 0.145. The SMILES string of the molecule is CCC[C@H](N)C(=O)N1CCC(C)C1. The topological polar surface area (TPSA) is 46.3 Å². The molecule has 1 heterocycles. The van der Waals surface area contributed by atoms with E-state index < -0.39 is 0 Å². The fourth-order valence-corrected chi connectivity index (χ4v) is 1.80. The number of nitrogens with two attached hydrogens (primary N) is 1. The molecule has 0 aromatic heterocycles. The normalized spacial score (nSPS) is 24.8. The summed E-state index contributed by atoms with van der Waals surface area (Å²) in [6.07, 6.45) is 2.92. The molecular formula is C10H20N2O. The van der Waals surface area contributed by atoms with Crippen LogP contribution in [0.5, 0.6) is 0 Å². The van der Waals surface area contributed by atoms with Gasteiger partial charge >= 0.3 is 0 Å². The van der Waals surface area contributed by atoms with Crippen molar-refractivity contribution in [3.63, 3.8) is 0 Å². The Morgan fingerprint density at radius 2 is 2.38 bits per heavy atom. The van der Waals surface area contributed by atoms with Gasteiger partial charge in [-0.25, -0.2) is 0 Å². The van der Waals surface area contributed by atoms with Crippen molar-refractivity contribution in [1.29, 1.82) is 0 Å². The number of rotatable bonds is 3. The van der Waals surface area contributed by atoms with Gasteiger partial charge in [0.15, 0.2) is 0 Å². The van der Waals surface area contributed by atoms with Crippen molar-refractivity contribution < 1.29 is 4.79 Å². The van der Waals surface area contributed by atoms with Crippen LogP contribution in [0.3, 0.4) is 0 Å². The maximum Gasteiger partial charge on any atom is 0.239 e. The molecule has 0 aromatic carbocycles. The second-order valence-electron chi connectivity index (χ2n) is 4.07. The molecule has 1 saturated heterocycles. The number of hydrogen-bond acceptors (Lipinski definition) is 2. The number of carbonyl (C=O) groups excluding carboxylic acids is 1. The summed E-state index contributed by atoms with van der Waals surface area (Å²) in [6, 6.07) is -0.268. The van der Waals surface area contributed by atoms with Crippen molar-refractivity contribution in [3.05, 3.63) is 0 Å². The van der Waals surface area contributed by atoms with Crippen molar-refractivity contribution in [2.45, 2.75) is 39.2 Å². The lowest BCUT2D eigenvalue weighted by Crippen LogP contribution is -2.42. The lowest BCUT2D eigenvalue weighted by molar-refractivity contribution is -0.131. The predicted octanol–water partition coefficient (Wildman–Crippen LogP) is 0.982. The van der Waals surface area contributed by atoms with E-state index in [1.165, 1.54) is 0 Å². The Morgan fingerprint density at radius 1 is 1.69 bits per heavy atom. The molecule has 1 aliphatic heterocycles. The molecule has 0 radical (unpaired) electrons. The molecule has 1 rings (SSSR count). The average molecular weight is 184 g/mol. The van der Waals surface area contributed by atoms with Gasteiger partial charge in [-0.2, -0.15) is 0 Å². The van der Waals surface area contributed by atoms with Crippen molar-refractivity contribution in [1.82, 2.24) is 4.90 Å². The van der Waals surface area contributed by atoms with Gasteiger partial charge in [0.1, 0.15) is 0 Å². The van der Waals surface area contributed by atoms with Gasteiger partial charge in [0, 0.05) is 13.1 Å². The quantitative estimate of drug-likeness (QED) is 0.710. The number of carbonyl (C=O) groups is 1. The molecule has 0 spiro atoms. The van der Waals surface area contributed by atoms with E-state index in [1.807, 2.05) is 4.90 Å². The van der Waals surface area contributed by atoms with Crippen LogP contribution in [-0.2, 0) is 4.79 Å². The van der Waals surface area contributed by atoms with Crippen LogP contribution in [0, 0.1) is 5.92 Å². The van der Waals surface area contributed by atoms with Gasteiger partial charge in [-0.05, 0) is 18.8 Å². The van der Waals surface area contributed by atoms with Crippen LogP contribution < -0.4 is 5.73 Å². The van der Waals surface area contributed by atoms with E-state index in [9.17, 15) is 4.79 Å². The highest BCUT2D eigenvalue weighted by molar-refractivity contribution is 5.81. The standard InChI is InChI=1S/C10H20N2O/c1-3-4-9(11)10(13)12-6-5-8(2)7-12/h8-9H,3-7,11H2,1-2H3/t8?,9-/m0/s1. The molecule has 0 aliphatic carbocycles. The first kappa shape index (κ1) is 10.5. The van der Waals surface area contributed by atoms with Gasteiger partial charge in [0.2, 0.25) is 5.91 Å². The summed E-state index contributed by atoms with van der Waals surface area (Å²) >= 11 is 0. The van der Waals surface area contributed by atoms with Crippen molar-refractivity contribution >= 4 is 5.91 Å². The van der Waals surface area contributed by atoms with Gasteiger partial charge in [-0.3, -0.25) is 4.79 Å². The zero-order valence-electron chi connectivity index (χ0n) is 8.62. The van der Waals surface area contributed by atoms with Gasteiger partial charge in [-0.1, -0.05) is 20.3 Å². The maximum absolute atomic E-state index is 11.7. The van der Waals surface area contributed by atoms with Gasteiger partial charge in [-0.15, -0.1) is 0 Å². The third kappa shape index (κ3) is 2.69. The highest BCUT2D eigenvalue weighted by atomic mass is 16.2. The second-order valence-corrected chi connectivity index (χ2v) is 4.07. The number of hydrogen-bond donors (Lipinski definition) is 1. The third-order valence-corrected chi connectivity index (χ3v) is 2.65. The molecule has 3 nitrogen and oxygen atoms in total. The zero-order valence-corrected chi connectivity index (χ0v) is 8.62. The van der Waals surface area contributed by atoms with Crippen LogP contribution in [0.25, 0.3) is 0 Å². The van der Waals surface area contributed by atoms with Crippen LogP contribution in [0.15, 0.2) is 0 Å². The first-order chi connectivity index (χ1) is 6.15. The maximum atomic E-state index is 11.7. The van der Waals surface area contributed by atoms with Gasteiger partial charge < -0.3 is 10.6 Å². The Morgan fingerprint density at radius 3 is 2.85 bits per heavy atom. The first-order valence-corrected chi connectivity index (χ1v) is 5.19. The molecular weight excluding hydrogens is 164 g/mol. The molecule has 76 valence electrons. The van der Waals surface area contributed by atoms with E-state index in [0.717, 1.165) is 32.4 Å². The summed E-state index contributed by atoms with van der Waals surface area (Å²) in [7, 11) is 0. The van der Waals surface area contributed by atoms with Crippen molar-refractivity contribution in [3.8, 4) is 0 Å². The minimum atomic E-state index is -0.268. The summed E-state index contributed by atoms with van der Waals surface area (Å²) in [5.41, 5.74) is 5.76. The Kier molecular flexibility index (Phi) is 3.72. The Hall–Kier alpha value is -0.570. The molecule has 0 bridgehead atoms. The number of amides is 1. The largest absolute Gasteiger partial charge is 0.341 e. The van der Waals surface area contributed by atoms with Gasteiger partial charge in [0.25, 0.3) is 0 Å². The van der Waals surface area contributed by atoms with Crippen LogP contribution in [0.4, 0.5) is 0 Å². The van der Waals surface area contributed by atoms with E-state index in [1.54, 1.807) is 0 Å². The first-order valence-electron chi connectivity index (χ1n) is 5.19. The van der Waals surface area contributed by atoms with Crippen molar-refractivity contribution in [2.75, 3.05) is 13.1 Å². The predicted molar refractivity (Wildman–Crippen MR) is 53.2 cm³/mol. The average Bonchev–Trinajstić information content (AvgIpc) is 2.51. The van der Waals surface area contributed by atoms with Crippen LogP contribution in [0.1, 0.15) is 33.1 Å². The molecule has 1 aliphatic rings. The highest BCUT2D eigenvalue weighted by Crippen LogP contribution is 2.16. The summed E-state index contributed by atoms with van der Waals surface area (Å²) in [5, 5.41) is 0. The monoisotopic (exact) mass is 184 g/mol. The molecule has 1 fully saturated rings. The second kappa shape index (κ2) is 4.61. The lowest BCUT2D eigenvalue weighted by Gasteiger charge is -2.20. The van der Waals surface area contributed by atoms with E-state index >= 15 is 0 Å². The molecule has 3 heteroatoms. The molecule has 1 amide bonds. The number of likely N-dealkylation sites (tertiary alicyclic amines) is 1. The molecule has 0 aromatic rings. The fraction of sp³-hybridized carbons (Fsp3) is 0.900. The lowest BCUT2D eigenvalue weighted by atomic mass is 10.1. The van der Waals surface area contributed by atoms with Crippen LogP contribution in [-0.4, -0.2) is 29.9 Å². The van der Waals surface area contributed by atoms with E-state index in [2.05, 4.69) is 13.8 Å². The summed E-state index contributed by atoms with van der Waals surface area (Å²) in [6.45, 7) is 6.03. The molecule has 2 N–H and O–H groups in total. The summed E-state index contributed by atoms with van der Waals surface area (Å²) in [5.74, 6) is 0.795. The summed E-state index contributed by atoms with van der Waals surface area (Å²) in [4.78, 5) is 13.6. The fourth-order valence-electron chi connectivity index (χ4n) is 1.80. The minimum Gasteiger partial charge on any atom is -0.341 e. The smallest absolute Gasteiger partial charge is 0.239 e. The Labute approximate surface area is 80.3 Å². The molecule has 1 unspecified atom stereocenters. The summed E-state index contributed by atoms with van der Waals surface area (Å²) < 4.78 is 0. The number of nitrogens with zero attached hydrogens (tertiary/aromatic N) is 1. The Bertz CT molecular complexity index is 182. The van der Waals surface area contributed by atoms with Crippen molar-refractivity contribution in [2.24, 2.45) is 11.7 Å². The third-order valence-electron chi connectivity index (χ3n) is 2.65. The van der Waals surface area contributed by atoms with Crippen LogP contribution >= 0.6 is 0 Å².